The van der Waals surface area contributed by atoms with Crippen molar-refractivity contribution in [3.8, 4) is 0 Å². The molecule has 1 aliphatic heterocycles. The van der Waals surface area contributed by atoms with E-state index in [9.17, 15) is 0 Å². The number of piperidine rings is 1. The van der Waals surface area contributed by atoms with Crippen molar-refractivity contribution in [2.45, 2.75) is 53.0 Å². The van der Waals surface area contributed by atoms with E-state index in [0.29, 0.717) is 10.8 Å². The zero-order valence-corrected chi connectivity index (χ0v) is 9.48. The third kappa shape index (κ3) is 1.63. The van der Waals surface area contributed by atoms with Crippen LogP contribution in [0.3, 0.4) is 0 Å². The quantitative estimate of drug-likeness (QED) is 0.606. The molecule has 2 aliphatic rings. The van der Waals surface area contributed by atoms with Crippen LogP contribution in [-0.2, 0) is 0 Å². The lowest BCUT2D eigenvalue weighted by molar-refractivity contribution is 0.142. The second-order valence-electron chi connectivity index (χ2n) is 6.41. The molecule has 0 bridgehead atoms. The van der Waals surface area contributed by atoms with Crippen LogP contribution in [0.25, 0.3) is 0 Å². The number of hydrogen-bond acceptors (Lipinski definition) is 1. The van der Waals surface area contributed by atoms with E-state index in [1.54, 1.807) is 0 Å². The minimum absolute atomic E-state index is 0.588. The Morgan fingerprint density at radius 3 is 2.62 bits per heavy atom. The lowest BCUT2D eigenvalue weighted by atomic mass is 9.73. The molecule has 3 unspecified atom stereocenters. The molecule has 1 heterocycles. The summed E-state index contributed by atoms with van der Waals surface area (Å²) in [7, 11) is 0. The van der Waals surface area contributed by atoms with Gasteiger partial charge in [-0.3, -0.25) is 0 Å². The molecule has 3 atom stereocenters. The highest BCUT2D eigenvalue weighted by molar-refractivity contribution is 5.01. The first-order valence-corrected chi connectivity index (χ1v) is 5.65. The fourth-order valence-electron chi connectivity index (χ4n) is 3.72. The zero-order chi connectivity index (χ0) is 9.69. The average molecular weight is 181 g/mol. The van der Waals surface area contributed by atoms with Crippen molar-refractivity contribution in [3.63, 3.8) is 0 Å². The van der Waals surface area contributed by atoms with Crippen molar-refractivity contribution < 1.29 is 0 Å². The maximum Gasteiger partial charge on any atom is 0.00418 e. The Balaban J connectivity index is 2.15. The van der Waals surface area contributed by atoms with Crippen molar-refractivity contribution in [2.24, 2.45) is 16.7 Å². The van der Waals surface area contributed by atoms with Crippen molar-refractivity contribution in [1.29, 1.82) is 0 Å². The highest BCUT2D eigenvalue weighted by Gasteiger charge is 2.49. The van der Waals surface area contributed by atoms with Crippen LogP contribution >= 0.6 is 0 Å². The number of hydrogen-bond donors (Lipinski definition) is 1. The van der Waals surface area contributed by atoms with Gasteiger partial charge in [-0.2, -0.15) is 0 Å². The van der Waals surface area contributed by atoms with Crippen LogP contribution in [-0.4, -0.2) is 12.6 Å². The molecule has 1 nitrogen and oxygen atoms in total. The van der Waals surface area contributed by atoms with E-state index < -0.39 is 0 Å². The summed E-state index contributed by atoms with van der Waals surface area (Å²) in [6.07, 6.45) is 4.24. The van der Waals surface area contributed by atoms with E-state index in [1.807, 2.05) is 0 Å². The summed E-state index contributed by atoms with van der Waals surface area (Å²) in [5, 5.41) is 3.63. The lowest BCUT2D eigenvalue weighted by Crippen LogP contribution is -2.46. The van der Waals surface area contributed by atoms with Gasteiger partial charge in [-0.15, -0.1) is 0 Å². The van der Waals surface area contributed by atoms with Gasteiger partial charge in [-0.25, -0.2) is 0 Å². The van der Waals surface area contributed by atoms with Crippen molar-refractivity contribution in [2.75, 3.05) is 6.54 Å². The second-order valence-corrected chi connectivity index (χ2v) is 6.41. The maximum absolute atomic E-state index is 3.63. The van der Waals surface area contributed by atoms with Gasteiger partial charge in [0.1, 0.15) is 0 Å². The second kappa shape index (κ2) is 2.73. The monoisotopic (exact) mass is 181 g/mol. The van der Waals surface area contributed by atoms with Crippen LogP contribution in [0.5, 0.6) is 0 Å². The molecular formula is C12H23N. The molecule has 1 heteroatoms. The Labute approximate surface area is 82.3 Å². The molecule has 0 radical (unpaired) electrons. The first-order valence-electron chi connectivity index (χ1n) is 5.65. The minimum Gasteiger partial charge on any atom is -0.314 e. The van der Waals surface area contributed by atoms with Crippen LogP contribution in [0.15, 0.2) is 0 Å². The molecule has 13 heavy (non-hydrogen) atoms. The zero-order valence-electron chi connectivity index (χ0n) is 9.48. The van der Waals surface area contributed by atoms with Crippen LogP contribution in [0.1, 0.15) is 47.0 Å². The van der Waals surface area contributed by atoms with E-state index in [0.717, 1.165) is 12.0 Å². The van der Waals surface area contributed by atoms with Crippen LogP contribution in [0.2, 0.25) is 0 Å². The lowest BCUT2D eigenvalue weighted by Gasteiger charge is -2.40. The van der Waals surface area contributed by atoms with Gasteiger partial charge in [0.25, 0.3) is 0 Å². The summed E-state index contributed by atoms with van der Waals surface area (Å²) < 4.78 is 0. The normalized spacial score (nSPS) is 48.9. The van der Waals surface area contributed by atoms with E-state index in [1.165, 1.54) is 25.8 Å². The smallest absolute Gasteiger partial charge is 0.00418 e. The molecule has 1 saturated carbocycles. The summed E-state index contributed by atoms with van der Waals surface area (Å²) in [6.45, 7) is 10.9. The molecule has 0 aromatic carbocycles. The van der Waals surface area contributed by atoms with E-state index in [-0.39, 0.29) is 0 Å². The molecule has 0 spiro atoms. The molecule has 2 fully saturated rings. The predicted octanol–water partition coefficient (Wildman–Crippen LogP) is 2.81. The van der Waals surface area contributed by atoms with Crippen molar-refractivity contribution in [3.05, 3.63) is 0 Å². The molecule has 2 rings (SSSR count). The van der Waals surface area contributed by atoms with Crippen LogP contribution in [0, 0.1) is 16.7 Å². The number of nitrogens with one attached hydrogen (secondary N) is 1. The molecule has 1 saturated heterocycles. The topological polar surface area (TPSA) is 12.0 Å². The fraction of sp³-hybridized carbons (Fsp3) is 1.00. The molecule has 1 aliphatic carbocycles. The molecule has 1 N–H and O–H groups in total. The summed E-state index contributed by atoms with van der Waals surface area (Å²) in [5.74, 6) is 0.971. The van der Waals surface area contributed by atoms with E-state index in [2.05, 4.69) is 33.0 Å². The largest absolute Gasteiger partial charge is 0.314 e. The Kier molecular flexibility index (Phi) is 1.99. The van der Waals surface area contributed by atoms with Gasteiger partial charge >= 0.3 is 0 Å². The Morgan fingerprint density at radius 2 is 1.92 bits per heavy atom. The SMILES string of the molecule is CC1CC2CC(C)(C)CC2(C)CN1. The third-order valence-corrected chi connectivity index (χ3v) is 4.16. The third-order valence-electron chi connectivity index (χ3n) is 4.16. The summed E-state index contributed by atoms with van der Waals surface area (Å²) >= 11 is 0. The van der Waals surface area contributed by atoms with Gasteiger partial charge in [-0.05, 0) is 42.9 Å². The Hall–Kier alpha value is -0.0400. The molecule has 76 valence electrons. The standard InChI is InChI=1S/C12H23N/c1-9-5-10-6-11(2,3)7-12(10,4)8-13-9/h9-10,13H,5-8H2,1-4H3. The van der Waals surface area contributed by atoms with Gasteiger partial charge in [-0.1, -0.05) is 20.8 Å². The minimum atomic E-state index is 0.588. The van der Waals surface area contributed by atoms with Crippen molar-refractivity contribution >= 4 is 0 Å². The fourth-order valence-corrected chi connectivity index (χ4v) is 3.72. The first kappa shape index (κ1) is 9.51. The molecule has 0 aromatic heterocycles. The maximum atomic E-state index is 3.63. The number of rotatable bonds is 0. The first-order chi connectivity index (χ1) is 5.91. The Morgan fingerprint density at radius 1 is 1.23 bits per heavy atom. The van der Waals surface area contributed by atoms with Gasteiger partial charge in [0.15, 0.2) is 0 Å². The summed E-state index contributed by atoms with van der Waals surface area (Å²) in [5.41, 5.74) is 1.18. The van der Waals surface area contributed by atoms with Gasteiger partial charge in [0, 0.05) is 12.6 Å². The molecule has 0 amide bonds. The average Bonchev–Trinajstić information content (AvgIpc) is 2.18. The molecule has 0 aromatic rings. The highest BCUT2D eigenvalue weighted by atomic mass is 14.9. The van der Waals surface area contributed by atoms with Crippen LogP contribution < -0.4 is 5.32 Å². The van der Waals surface area contributed by atoms with E-state index >= 15 is 0 Å². The van der Waals surface area contributed by atoms with Gasteiger partial charge in [0.05, 0.1) is 0 Å². The van der Waals surface area contributed by atoms with Gasteiger partial charge < -0.3 is 5.32 Å². The molecular weight excluding hydrogens is 158 g/mol. The summed E-state index contributed by atoms with van der Waals surface area (Å²) in [6, 6.07) is 0.743. The highest BCUT2D eigenvalue weighted by Crippen LogP contribution is 2.55. The number of fused-ring (bicyclic) bond motifs is 1. The van der Waals surface area contributed by atoms with E-state index in [4.69, 9.17) is 0 Å². The predicted molar refractivity (Wildman–Crippen MR) is 56.7 cm³/mol. The van der Waals surface area contributed by atoms with Crippen molar-refractivity contribution in [1.82, 2.24) is 5.32 Å². The Bertz CT molecular complexity index is 209. The van der Waals surface area contributed by atoms with Gasteiger partial charge in [0.2, 0.25) is 0 Å². The van der Waals surface area contributed by atoms with Crippen LogP contribution in [0.4, 0.5) is 0 Å². The summed E-state index contributed by atoms with van der Waals surface area (Å²) in [4.78, 5) is 0.